The Bertz CT molecular complexity index is 1310. The maximum atomic E-state index is 14.6. The van der Waals surface area contributed by atoms with E-state index in [0.29, 0.717) is 12.1 Å². The third-order valence-electron chi connectivity index (χ3n) is 6.38. The topological polar surface area (TPSA) is 21.6 Å². The molecule has 1 heterocycles. The fourth-order valence-electron chi connectivity index (χ4n) is 4.75. The van der Waals surface area contributed by atoms with E-state index in [0.717, 1.165) is 28.0 Å². The third-order valence-corrected chi connectivity index (χ3v) is 6.38. The molecule has 0 amide bonds. The summed E-state index contributed by atoms with van der Waals surface area (Å²) in [5.41, 5.74) is 4.77. The van der Waals surface area contributed by atoms with E-state index in [1.807, 2.05) is 56.3 Å². The Labute approximate surface area is 204 Å². The molecule has 0 aromatic heterocycles. The number of rotatable bonds is 6. The molecule has 4 aromatic carbocycles. The molecule has 1 aliphatic rings. The number of hydrogen-bond acceptors (Lipinski definition) is 2. The summed E-state index contributed by atoms with van der Waals surface area (Å²) in [6.07, 6.45) is 0.610. The first-order valence-corrected chi connectivity index (χ1v) is 11.9. The third kappa shape index (κ3) is 4.88. The summed E-state index contributed by atoms with van der Waals surface area (Å²) >= 11 is 0. The minimum atomic E-state index is -0.573. The Kier molecular flexibility index (Phi) is 6.45. The maximum absolute atomic E-state index is 14.6. The van der Waals surface area contributed by atoms with Crippen molar-refractivity contribution in [2.45, 2.75) is 38.3 Å². The standard InChI is InChI=1S/C31H27F2NO/c1-20(2)35-25-17-15-22(16-18-25)21-11-13-24(14-12-21)31-26(23-7-4-3-5-8-23)19-29(34-31)30-27(32)9-6-10-28(30)33/h3-18,20,26,31H,19H2,1-2H3. The van der Waals surface area contributed by atoms with Gasteiger partial charge in [-0.3, -0.25) is 4.99 Å². The molecule has 0 radical (unpaired) electrons. The van der Waals surface area contributed by atoms with Crippen LogP contribution in [0.15, 0.2) is 102 Å². The minimum Gasteiger partial charge on any atom is -0.491 e. The predicted molar refractivity (Wildman–Crippen MR) is 137 cm³/mol. The van der Waals surface area contributed by atoms with Gasteiger partial charge >= 0.3 is 0 Å². The fourth-order valence-corrected chi connectivity index (χ4v) is 4.75. The van der Waals surface area contributed by atoms with Crippen LogP contribution in [-0.2, 0) is 0 Å². The van der Waals surface area contributed by atoms with Gasteiger partial charge in [-0.25, -0.2) is 8.78 Å². The zero-order chi connectivity index (χ0) is 24.4. The zero-order valence-electron chi connectivity index (χ0n) is 19.8. The largest absolute Gasteiger partial charge is 0.491 e. The summed E-state index contributed by atoms with van der Waals surface area (Å²) in [6, 6.07) is 30.2. The molecule has 0 bridgehead atoms. The van der Waals surface area contributed by atoms with E-state index in [1.54, 1.807) is 0 Å². The predicted octanol–water partition coefficient (Wildman–Crippen LogP) is 8.14. The monoisotopic (exact) mass is 467 g/mol. The molecule has 5 rings (SSSR count). The lowest BCUT2D eigenvalue weighted by Crippen LogP contribution is -2.08. The van der Waals surface area contributed by atoms with Crippen molar-refractivity contribution >= 4 is 5.71 Å². The SMILES string of the molecule is CC(C)Oc1ccc(-c2ccc(C3N=C(c4c(F)cccc4F)CC3c3ccccc3)cc2)cc1. The van der Waals surface area contributed by atoms with Crippen LogP contribution in [0.1, 0.15) is 48.9 Å². The Hall–Kier alpha value is -3.79. The highest BCUT2D eigenvalue weighted by molar-refractivity contribution is 6.03. The van der Waals surface area contributed by atoms with E-state index in [9.17, 15) is 8.78 Å². The van der Waals surface area contributed by atoms with Crippen LogP contribution in [0.3, 0.4) is 0 Å². The molecule has 1 aliphatic heterocycles. The number of halogens is 2. The van der Waals surface area contributed by atoms with E-state index >= 15 is 0 Å². The number of aliphatic imine (C=N–C) groups is 1. The van der Waals surface area contributed by atoms with Crippen molar-refractivity contribution in [1.82, 2.24) is 0 Å². The lowest BCUT2D eigenvalue weighted by molar-refractivity contribution is 0.242. The van der Waals surface area contributed by atoms with E-state index in [4.69, 9.17) is 9.73 Å². The zero-order valence-corrected chi connectivity index (χ0v) is 19.8. The second-order valence-corrected chi connectivity index (χ2v) is 9.15. The average Bonchev–Trinajstić information content (AvgIpc) is 3.30. The highest BCUT2D eigenvalue weighted by Gasteiger charge is 2.34. The maximum Gasteiger partial charge on any atom is 0.135 e. The summed E-state index contributed by atoms with van der Waals surface area (Å²) in [5, 5.41) is 0. The van der Waals surface area contributed by atoms with Gasteiger partial charge in [0.2, 0.25) is 0 Å². The quantitative estimate of drug-likeness (QED) is 0.280. The van der Waals surface area contributed by atoms with Crippen molar-refractivity contribution in [1.29, 1.82) is 0 Å². The van der Waals surface area contributed by atoms with Gasteiger partial charge in [-0.15, -0.1) is 0 Å². The van der Waals surface area contributed by atoms with Crippen LogP contribution in [0.5, 0.6) is 5.75 Å². The van der Waals surface area contributed by atoms with Crippen molar-refractivity contribution in [2.75, 3.05) is 0 Å². The molecule has 0 saturated heterocycles. The van der Waals surface area contributed by atoms with Crippen molar-refractivity contribution in [3.05, 3.63) is 125 Å². The fraction of sp³-hybridized carbons (Fsp3) is 0.194. The van der Waals surface area contributed by atoms with Gasteiger partial charge in [0, 0.05) is 11.6 Å². The molecule has 0 spiro atoms. The first-order chi connectivity index (χ1) is 17.0. The molecule has 2 nitrogen and oxygen atoms in total. The highest BCUT2D eigenvalue weighted by Crippen LogP contribution is 2.44. The van der Waals surface area contributed by atoms with Crippen LogP contribution < -0.4 is 4.74 Å². The van der Waals surface area contributed by atoms with Crippen molar-refractivity contribution < 1.29 is 13.5 Å². The van der Waals surface area contributed by atoms with Crippen LogP contribution in [0.25, 0.3) is 11.1 Å². The summed E-state index contributed by atoms with van der Waals surface area (Å²) in [5.74, 6) is -0.296. The van der Waals surface area contributed by atoms with Gasteiger partial charge in [0.15, 0.2) is 0 Å². The molecule has 35 heavy (non-hydrogen) atoms. The Morgan fingerprint density at radius 3 is 1.91 bits per heavy atom. The van der Waals surface area contributed by atoms with Crippen LogP contribution in [0.2, 0.25) is 0 Å². The number of benzene rings is 4. The normalized spacial score (nSPS) is 17.5. The highest BCUT2D eigenvalue weighted by atomic mass is 19.1. The number of ether oxygens (including phenoxy) is 1. The van der Waals surface area contributed by atoms with Crippen molar-refractivity contribution in [3.8, 4) is 16.9 Å². The van der Waals surface area contributed by atoms with Crippen LogP contribution in [0, 0.1) is 11.6 Å². The van der Waals surface area contributed by atoms with Gasteiger partial charge in [0.1, 0.15) is 17.4 Å². The molecule has 0 fully saturated rings. The lowest BCUT2D eigenvalue weighted by atomic mass is 9.85. The van der Waals surface area contributed by atoms with Gasteiger partial charge in [0.05, 0.1) is 17.7 Å². The molecule has 2 atom stereocenters. The van der Waals surface area contributed by atoms with E-state index in [-0.39, 0.29) is 23.6 Å². The Morgan fingerprint density at radius 1 is 0.714 bits per heavy atom. The average molecular weight is 468 g/mol. The molecular formula is C31H27F2NO. The van der Waals surface area contributed by atoms with Gasteiger partial charge in [-0.2, -0.15) is 0 Å². The number of nitrogens with zero attached hydrogens (tertiary/aromatic N) is 1. The summed E-state index contributed by atoms with van der Waals surface area (Å²) in [6.45, 7) is 4.01. The lowest BCUT2D eigenvalue weighted by Gasteiger charge is -2.19. The summed E-state index contributed by atoms with van der Waals surface area (Å²) in [4.78, 5) is 4.87. The molecule has 4 heteroatoms. The molecular weight excluding hydrogens is 440 g/mol. The van der Waals surface area contributed by atoms with Gasteiger partial charge in [-0.05, 0) is 66.8 Å². The molecule has 4 aromatic rings. The van der Waals surface area contributed by atoms with Crippen molar-refractivity contribution in [2.24, 2.45) is 4.99 Å². The second-order valence-electron chi connectivity index (χ2n) is 9.15. The molecule has 0 N–H and O–H groups in total. The number of hydrogen-bond donors (Lipinski definition) is 0. The second kappa shape index (κ2) is 9.83. The summed E-state index contributed by atoms with van der Waals surface area (Å²) in [7, 11) is 0. The van der Waals surface area contributed by atoms with Crippen LogP contribution in [-0.4, -0.2) is 11.8 Å². The Morgan fingerprint density at radius 2 is 1.31 bits per heavy atom. The first kappa shape index (κ1) is 23.0. The minimum absolute atomic E-state index is 0.00326. The van der Waals surface area contributed by atoms with Crippen molar-refractivity contribution in [3.63, 3.8) is 0 Å². The summed E-state index contributed by atoms with van der Waals surface area (Å²) < 4.78 is 34.9. The van der Waals surface area contributed by atoms with Crippen LogP contribution >= 0.6 is 0 Å². The van der Waals surface area contributed by atoms with E-state index in [1.165, 1.54) is 18.2 Å². The van der Waals surface area contributed by atoms with Gasteiger partial charge < -0.3 is 4.74 Å². The Balaban J connectivity index is 1.47. The van der Waals surface area contributed by atoms with Gasteiger partial charge in [-0.1, -0.05) is 72.8 Å². The molecule has 2 unspecified atom stereocenters. The smallest absolute Gasteiger partial charge is 0.135 e. The molecule has 0 aliphatic carbocycles. The van der Waals surface area contributed by atoms with Gasteiger partial charge in [0.25, 0.3) is 0 Å². The molecule has 0 saturated carbocycles. The van der Waals surface area contributed by atoms with Crippen LogP contribution in [0.4, 0.5) is 8.78 Å². The van der Waals surface area contributed by atoms with E-state index < -0.39 is 11.6 Å². The first-order valence-electron chi connectivity index (χ1n) is 11.9. The van der Waals surface area contributed by atoms with E-state index in [2.05, 4.69) is 36.4 Å². The molecule has 176 valence electrons.